The number of hydrogen-bond donors (Lipinski definition) is 6. The molecule has 1 rings (SSSR count). The summed E-state index contributed by atoms with van der Waals surface area (Å²) in [5, 5.41) is 22.6. The van der Waals surface area contributed by atoms with Crippen LogP contribution < -0.4 is 27.0 Å². The van der Waals surface area contributed by atoms with E-state index in [0.29, 0.717) is 0 Å². The fraction of sp³-hybridized carbons (Fsp3) is 0.619. The molecule has 0 unspecified atom stereocenters. The summed E-state index contributed by atoms with van der Waals surface area (Å²) in [4.78, 5) is 52.2. The van der Waals surface area contributed by atoms with Crippen LogP contribution in [0.1, 0.15) is 54.4 Å². The molecule has 0 aliphatic rings. The van der Waals surface area contributed by atoms with Crippen molar-refractivity contribution >= 4 is 41.7 Å². The lowest BCUT2D eigenvalue weighted by molar-refractivity contribution is -0.118. The minimum atomic E-state index is -1.22. The Balaban J connectivity index is 3.18. The van der Waals surface area contributed by atoms with E-state index in [1.54, 1.807) is 48.6 Å². The summed E-state index contributed by atoms with van der Waals surface area (Å²) < 4.78 is 11.7. The Hall–Kier alpha value is -4.04. The first-order valence-electron chi connectivity index (χ1n) is 11.1. The molecule has 1 aromatic rings. The molecule has 0 saturated heterocycles. The van der Waals surface area contributed by atoms with E-state index in [1.165, 1.54) is 10.9 Å². The topological polar surface area (TPSA) is 211 Å². The van der Waals surface area contributed by atoms with Crippen LogP contribution in [0, 0.1) is 0 Å². The lowest BCUT2D eigenvalue weighted by Crippen LogP contribution is -2.51. The molecule has 0 radical (unpaired) electrons. The number of guanidine groups is 1. The number of aliphatic imine (C=N–C) groups is 1. The van der Waals surface area contributed by atoms with Crippen LogP contribution in [0.15, 0.2) is 11.2 Å². The van der Waals surface area contributed by atoms with Gasteiger partial charge in [0.25, 0.3) is 0 Å². The molecule has 1 atom stereocenters. The molecule has 15 nitrogen and oxygen atoms in total. The molecule has 1 heterocycles. The van der Waals surface area contributed by atoms with Gasteiger partial charge in [0.05, 0.1) is 6.20 Å². The number of carboxylic acid groups (broad SMARTS) is 1. The number of carbonyl (C=O) groups is 4. The van der Waals surface area contributed by atoms with Crippen molar-refractivity contribution in [3.63, 3.8) is 0 Å². The van der Waals surface area contributed by atoms with Gasteiger partial charge in [0.15, 0.2) is 0 Å². The third-order valence-corrected chi connectivity index (χ3v) is 4.03. The summed E-state index contributed by atoms with van der Waals surface area (Å²) in [6.45, 7) is 9.91. The molecule has 4 amide bonds. The number of nitrogens with zero attached hydrogens (tertiary/aromatic N) is 3. The Labute approximate surface area is 209 Å². The highest BCUT2D eigenvalue weighted by Crippen LogP contribution is 2.16. The van der Waals surface area contributed by atoms with Gasteiger partial charge in [0.2, 0.25) is 11.9 Å². The summed E-state index contributed by atoms with van der Waals surface area (Å²) in [5.74, 6) is -0.805. The number of nitrogen functional groups attached to an aromatic ring is 1. The van der Waals surface area contributed by atoms with Crippen molar-refractivity contribution in [3.8, 4) is 0 Å². The van der Waals surface area contributed by atoms with Gasteiger partial charge in [-0.1, -0.05) is 0 Å². The zero-order chi connectivity index (χ0) is 27.7. The Morgan fingerprint density at radius 3 is 2.25 bits per heavy atom. The molecular weight excluding hydrogens is 476 g/mol. The number of alkyl carbamates (subject to hydrolysis) is 1. The number of aromatic nitrogens is 2. The third kappa shape index (κ3) is 11.9. The number of carbonyl (C=O) groups excluding carboxylic acids is 3. The van der Waals surface area contributed by atoms with E-state index in [4.69, 9.17) is 20.3 Å². The van der Waals surface area contributed by atoms with Gasteiger partial charge in [-0.3, -0.25) is 14.8 Å². The molecule has 1 aromatic heterocycles. The smallest absolute Gasteiger partial charge is 0.437 e. The van der Waals surface area contributed by atoms with Gasteiger partial charge >= 0.3 is 18.3 Å². The van der Waals surface area contributed by atoms with E-state index in [9.17, 15) is 19.2 Å². The maximum atomic E-state index is 13.0. The number of ether oxygens (including phenoxy) is 2. The van der Waals surface area contributed by atoms with Crippen molar-refractivity contribution in [2.75, 3.05) is 17.6 Å². The van der Waals surface area contributed by atoms with Crippen LogP contribution >= 0.6 is 0 Å². The predicted molar refractivity (Wildman–Crippen MR) is 131 cm³/mol. The normalized spacial score (nSPS) is 12.8. The van der Waals surface area contributed by atoms with Crippen molar-refractivity contribution in [1.82, 2.24) is 25.7 Å². The zero-order valence-corrected chi connectivity index (χ0v) is 21.6. The van der Waals surface area contributed by atoms with Crippen molar-refractivity contribution < 1.29 is 33.8 Å². The van der Waals surface area contributed by atoms with E-state index in [1.807, 2.05) is 0 Å². The molecule has 0 spiro atoms. The van der Waals surface area contributed by atoms with E-state index >= 15 is 0 Å². The number of rotatable bonds is 7. The van der Waals surface area contributed by atoms with Crippen molar-refractivity contribution in [2.24, 2.45) is 12.0 Å². The number of hydrogen-bond acceptors (Lipinski definition) is 8. The third-order valence-electron chi connectivity index (χ3n) is 4.03. The van der Waals surface area contributed by atoms with Crippen LogP contribution in [0.2, 0.25) is 0 Å². The molecule has 0 bridgehead atoms. The highest BCUT2D eigenvalue weighted by atomic mass is 16.6. The first-order chi connectivity index (χ1) is 16.5. The largest absolute Gasteiger partial charge is 0.465 e. The standard InChI is InChI=1S/C21H36N8O7/c1-20(2,3)35-18(33)27-16(28-19(34)36-21(4,5)6)26-12(9-8-10-23-17(31)32)15(30)25-13-11-24-29(7)14(13)22/h11-12,23H,8-10,22H2,1-7H3,(H,25,30)(H,31,32)(H2,26,27,28,33,34)/t12-/m0/s1. The number of amides is 4. The van der Waals surface area contributed by atoms with Gasteiger partial charge in [0, 0.05) is 13.6 Å². The van der Waals surface area contributed by atoms with Gasteiger partial charge in [-0.25, -0.2) is 14.4 Å². The van der Waals surface area contributed by atoms with Gasteiger partial charge in [-0.05, 0) is 54.4 Å². The van der Waals surface area contributed by atoms with Crippen molar-refractivity contribution in [3.05, 3.63) is 6.20 Å². The van der Waals surface area contributed by atoms with Crippen LogP contribution in [-0.4, -0.2) is 68.8 Å². The minimum absolute atomic E-state index is 0.0495. The number of nitrogens with two attached hydrogens (primary N) is 1. The Kier molecular flexibility index (Phi) is 10.5. The van der Waals surface area contributed by atoms with Gasteiger partial charge < -0.3 is 36.3 Å². The second-order valence-corrected chi connectivity index (χ2v) is 9.70. The molecule has 202 valence electrons. The molecule has 0 aliphatic heterocycles. The molecule has 15 heteroatoms. The van der Waals surface area contributed by atoms with Crippen molar-refractivity contribution in [1.29, 1.82) is 0 Å². The average Bonchev–Trinajstić information content (AvgIpc) is 2.98. The number of anilines is 2. The summed E-state index contributed by atoms with van der Waals surface area (Å²) >= 11 is 0. The molecule has 7 N–H and O–H groups in total. The maximum Gasteiger partial charge on any atom is 0.437 e. The second kappa shape index (κ2) is 12.6. The van der Waals surface area contributed by atoms with E-state index in [2.05, 4.69) is 31.4 Å². The highest BCUT2D eigenvalue weighted by molar-refractivity contribution is 6.03. The Morgan fingerprint density at radius 2 is 1.75 bits per heavy atom. The Morgan fingerprint density at radius 1 is 1.14 bits per heavy atom. The SMILES string of the molecule is Cn1ncc(NC(=O)[C@H](CCCNC(=O)O)N/C(=N\C(=O)OC(C)(C)C)NC(=O)OC(C)(C)C)c1N. The van der Waals surface area contributed by atoms with E-state index in [-0.39, 0.29) is 30.9 Å². The summed E-state index contributed by atoms with van der Waals surface area (Å²) in [7, 11) is 1.59. The summed E-state index contributed by atoms with van der Waals surface area (Å²) in [6.07, 6.45) is -1.51. The van der Waals surface area contributed by atoms with Gasteiger partial charge in [-0.2, -0.15) is 5.10 Å². The van der Waals surface area contributed by atoms with Crippen molar-refractivity contribution in [2.45, 2.75) is 71.6 Å². The zero-order valence-electron chi connectivity index (χ0n) is 21.6. The molecule has 0 fully saturated rings. The van der Waals surface area contributed by atoms with Gasteiger partial charge in [0.1, 0.15) is 28.7 Å². The first kappa shape index (κ1) is 30.0. The maximum absolute atomic E-state index is 13.0. The minimum Gasteiger partial charge on any atom is -0.465 e. The summed E-state index contributed by atoms with van der Waals surface area (Å²) in [6, 6.07) is -1.09. The van der Waals surface area contributed by atoms with Crippen LogP contribution in [0.3, 0.4) is 0 Å². The van der Waals surface area contributed by atoms with Crippen LogP contribution in [0.5, 0.6) is 0 Å². The monoisotopic (exact) mass is 512 g/mol. The first-order valence-corrected chi connectivity index (χ1v) is 11.1. The molecule has 0 saturated carbocycles. The van der Waals surface area contributed by atoms with E-state index in [0.717, 1.165) is 0 Å². The quantitative estimate of drug-likeness (QED) is 0.177. The average molecular weight is 513 g/mol. The fourth-order valence-corrected chi connectivity index (χ4v) is 2.57. The van der Waals surface area contributed by atoms with Gasteiger partial charge in [-0.15, -0.1) is 4.99 Å². The molecule has 0 aromatic carbocycles. The van der Waals surface area contributed by atoms with Crippen LogP contribution in [0.25, 0.3) is 0 Å². The van der Waals surface area contributed by atoms with E-state index < -0.39 is 47.4 Å². The van der Waals surface area contributed by atoms with Crippen LogP contribution in [0.4, 0.5) is 25.9 Å². The predicted octanol–water partition coefficient (Wildman–Crippen LogP) is 1.76. The highest BCUT2D eigenvalue weighted by Gasteiger charge is 2.25. The Bertz CT molecular complexity index is 976. The molecular formula is C21H36N8O7. The summed E-state index contributed by atoms with van der Waals surface area (Å²) in [5.41, 5.74) is 4.41. The lowest BCUT2D eigenvalue weighted by Gasteiger charge is -2.23. The molecule has 0 aliphatic carbocycles. The number of aryl methyl sites for hydroxylation is 1. The fourth-order valence-electron chi connectivity index (χ4n) is 2.57. The lowest BCUT2D eigenvalue weighted by atomic mass is 10.1. The number of nitrogens with one attached hydrogen (secondary N) is 4. The molecule has 36 heavy (non-hydrogen) atoms. The van der Waals surface area contributed by atoms with Crippen LogP contribution in [-0.2, 0) is 21.3 Å². The second-order valence-electron chi connectivity index (χ2n) is 9.70.